The highest BCUT2D eigenvalue weighted by Gasteiger charge is 2.23. The third-order valence-corrected chi connectivity index (χ3v) is 3.82. The molecule has 1 rings (SSSR count). The number of rotatable bonds is 6. The van der Waals surface area contributed by atoms with E-state index in [0.717, 1.165) is 0 Å². The molecular weight excluding hydrogens is 278 g/mol. The molecule has 112 valence electrons. The molecule has 1 aromatic heterocycles. The molecule has 0 aromatic carbocycles. The molecule has 2 amide bonds. The van der Waals surface area contributed by atoms with Crippen LogP contribution in [0.3, 0.4) is 0 Å². The molecule has 0 aliphatic heterocycles. The van der Waals surface area contributed by atoms with Gasteiger partial charge in [-0.15, -0.1) is 0 Å². The fourth-order valence-corrected chi connectivity index (χ4v) is 2.44. The third kappa shape index (κ3) is 3.83. The number of likely N-dealkylation sites (N-methyl/N-ethyl adjacent to an activating group) is 2. The first kappa shape index (κ1) is 16.2. The predicted molar refractivity (Wildman–Crippen MR) is 81.1 cm³/mol. The van der Waals surface area contributed by atoms with E-state index in [1.165, 1.54) is 16.2 Å². The van der Waals surface area contributed by atoms with Crippen molar-refractivity contribution in [3.05, 3.63) is 4.88 Å². The lowest BCUT2D eigenvalue weighted by Gasteiger charge is -2.19. The Hall–Kier alpha value is -1.83. The van der Waals surface area contributed by atoms with Crippen molar-refractivity contribution in [2.45, 2.75) is 13.8 Å². The number of amides is 2. The first-order chi connectivity index (χ1) is 9.40. The summed E-state index contributed by atoms with van der Waals surface area (Å²) in [7, 11) is 3.66. The van der Waals surface area contributed by atoms with Gasteiger partial charge in [-0.1, -0.05) is 11.3 Å². The Balaban J connectivity index is 2.88. The van der Waals surface area contributed by atoms with Crippen LogP contribution < -0.4 is 16.0 Å². The average Bonchev–Trinajstić information content (AvgIpc) is 2.78. The van der Waals surface area contributed by atoms with E-state index in [-0.39, 0.29) is 24.2 Å². The van der Waals surface area contributed by atoms with Gasteiger partial charge in [0.1, 0.15) is 10.7 Å². The van der Waals surface area contributed by atoms with Crippen molar-refractivity contribution in [3.8, 4) is 0 Å². The van der Waals surface area contributed by atoms with Crippen molar-refractivity contribution >= 4 is 34.1 Å². The molecule has 0 aliphatic carbocycles. The van der Waals surface area contributed by atoms with E-state index < -0.39 is 0 Å². The molecule has 0 unspecified atom stereocenters. The number of anilines is 2. The predicted octanol–water partition coefficient (Wildman–Crippen LogP) is 0.390. The Morgan fingerprint density at radius 2 is 2.00 bits per heavy atom. The molecule has 7 nitrogen and oxygen atoms in total. The van der Waals surface area contributed by atoms with Gasteiger partial charge in [-0.3, -0.25) is 9.59 Å². The van der Waals surface area contributed by atoms with Crippen molar-refractivity contribution in [2.75, 3.05) is 44.4 Å². The summed E-state index contributed by atoms with van der Waals surface area (Å²) in [6.07, 6.45) is 0. The van der Waals surface area contributed by atoms with Crippen LogP contribution in [0, 0.1) is 0 Å². The Morgan fingerprint density at radius 3 is 2.45 bits per heavy atom. The SMILES string of the molecule is CCNC(=O)CN(CC)C(=O)c1sc(N(C)C)nc1N. The molecule has 0 spiro atoms. The van der Waals surface area contributed by atoms with Crippen molar-refractivity contribution < 1.29 is 9.59 Å². The number of carbonyl (C=O) groups excluding carboxylic acids is 2. The van der Waals surface area contributed by atoms with Crippen LogP contribution in [-0.4, -0.2) is 55.4 Å². The molecule has 1 aromatic rings. The number of nitrogens with one attached hydrogen (secondary N) is 1. The molecular formula is C12H21N5O2S. The highest BCUT2D eigenvalue weighted by Crippen LogP contribution is 2.27. The molecule has 0 bridgehead atoms. The maximum Gasteiger partial charge on any atom is 0.268 e. The van der Waals surface area contributed by atoms with Crippen LogP contribution in [-0.2, 0) is 4.79 Å². The van der Waals surface area contributed by atoms with Gasteiger partial charge < -0.3 is 20.9 Å². The van der Waals surface area contributed by atoms with Gasteiger partial charge in [0.2, 0.25) is 5.91 Å². The van der Waals surface area contributed by atoms with E-state index in [1.54, 1.807) is 4.90 Å². The second-order valence-corrected chi connectivity index (χ2v) is 5.36. The van der Waals surface area contributed by atoms with Crippen LogP contribution >= 0.6 is 11.3 Å². The van der Waals surface area contributed by atoms with E-state index in [0.29, 0.717) is 23.1 Å². The van der Waals surface area contributed by atoms with Crippen LogP contribution in [0.25, 0.3) is 0 Å². The lowest BCUT2D eigenvalue weighted by Crippen LogP contribution is -2.40. The maximum absolute atomic E-state index is 12.4. The van der Waals surface area contributed by atoms with Crippen LogP contribution in [0.5, 0.6) is 0 Å². The van der Waals surface area contributed by atoms with Crippen molar-refractivity contribution in [2.24, 2.45) is 0 Å². The average molecular weight is 299 g/mol. The Kier molecular flexibility index (Phi) is 5.75. The molecule has 0 atom stereocenters. The monoisotopic (exact) mass is 299 g/mol. The number of hydrogen-bond donors (Lipinski definition) is 2. The molecule has 20 heavy (non-hydrogen) atoms. The van der Waals surface area contributed by atoms with E-state index in [4.69, 9.17) is 5.73 Å². The molecule has 0 radical (unpaired) electrons. The third-order valence-electron chi connectivity index (χ3n) is 2.60. The van der Waals surface area contributed by atoms with Gasteiger partial charge in [-0.2, -0.15) is 0 Å². The summed E-state index contributed by atoms with van der Waals surface area (Å²) in [5, 5.41) is 3.34. The van der Waals surface area contributed by atoms with Crippen LogP contribution in [0.1, 0.15) is 23.5 Å². The fraction of sp³-hybridized carbons (Fsp3) is 0.583. The zero-order valence-electron chi connectivity index (χ0n) is 12.3. The van der Waals surface area contributed by atoms with Gasteiger partial charge in [0.05, 0.1) is 6.54 Å². The molecule has 0 saturated heterocycles. The van der Waals surface area contributed by atoms with Gasteiger partial charge >= 0.3 is 0 Å². The number of nitrogen functional groups attached to an aromatic ring is 1. The number of nitrogens with zero attached hydrogens (tertiary/aromatic N) is 3. The lowest BCUT2D eigenvalue weighted by molar-refractivity contribution is -0.121. The molecule has 8 heteroatoms. The largest absolute Gasteiger partial charge is 0.382 e. The topological polar surface area (TPSA) is 91.6 Å². The van der Waals surface area contributed by atoms with Gasteiger partial charge in [-0.05, 0) is 13.8 Å². The van der Waals surface area contributed by atoms with Gasteiger partial charge in [0.25, 0.3) is 5.91 Å². The smallest absolute Gasteiger partial charge is 0.268 e. The standard InChI is InChI=1S/C12H21N5O2S/c1-5-14-8(18)7-17(6-2)11(19)9-10(13)15-12(20-9)16(3)4/h5-7,13H2,1-4H3,(H,14,18). The Labute approximate surface area is 122 Å². The summed E-state index contributed by atoms with van der Waals surface area (Å²) in [6.45, 7) is 4.65. The van der Waals surface area contributed by atoms with Crippen LogP contribution in [0.4, 0.5) is 10.9 Å². The summed E-state index contributed by atoms with van der Waals surface area (Å²) in [5.41, 5.74) is 5.79. The number of thiazole rings is 1. The first-order valence-corrected chi connectivity index (χ1v) is 7.21. The number of carbonyl (C=O) groups is 2. The minimum absolute atomic E-state index is 0.0256. The van der Waals surface area contributed by atoms with Crippen molar-refractivity contribution in [1.29, 1.82) is 0 Å². The number of hydrogen-bond acceptors (Lipinski definition) is 6. The van der Waals surface area contributed by atoms with E-state index in [1.807, 2.05) is 27.9 Å². The highest BCUT2D eigenvalue weighted by molar-refractivity contribution is 7.18. The minimum atomic E-state index is -0.262. The van der Waals surface area contributed by atoms with Gasteiger partial charge in [0, 0.05) is 27.2 Å². The summed E-state index contributed by atoms with van der Waals surface area (Å²) in [6, 6.07) is 0. The summed E-state index contributed by atoms with van der Waals surface area (Å²) in [4.78, 5) is 31.7. The van der Waals surface area contributed by atoms with E-state index in [9.17, 15) is 9.59 Å². The number of aromatic nitrogens is 1. The van der Waals surface area contributed by atoms with Crippen LogP contribution in [0.2, 0.25) is 0 Å². The summed E-state index contributed by atoms with van der Waals surface area (Å²) in [5.74, 6) is -0.237. The second kappa shape index (κ2) is 7.09. The zero-order valence-corrected chi connectivity index (χ0v) is 13.1. The van der Waals surface area contributed by atoms with Gasteiger partial charge in [0.15, 0.2) is 5.13 Å². The van der Waals surface area contributed by atoms with Crippen LogP contribution in [0.15, 0.2) is 0 Å². The first-order valence-electron chi connectivity index (χ1n) is 6.40. The van der Waals surface area contributed by atoms with Gasteiger partial charge in [-0.25, -0.2) is 4.98 Å². The molecule has 3 N–H and O–H groups in total. The Bertz CT molecular complexity index is 486. The molecule has 0 saturated carbocycles. The quantitative estimate of drug-likeness (QED) is 0.793. The molecule has 0 aliphatic rings. The molecule has 1 heterocycles. The summed E-state index contributed by atoms with van der Waals surface area (Å²) < 4.78 is 0. The highest BCUT2D eigenvalue weighted by atomic mass is 32.1. The fourth-order valence-electron chi connectivity index (χ4n) is 1.56. The summed E-state index contributed by atoms with van der Waals surface area (Å²) >= 11 is 1.23. The maximum atomic E-state index is 12.4. The van der Waals surface area contributed by atoms with Crippen molar-refractivity contribution in [1.82, 2.24) is 15.2 Å². The lowest BCUT2D eigenvalue weighted by atomic mass is 10.3. The Morgan fingerprint density at radius 1 is 1.35 bits per heavy atom. The van der Waals surface area contributed by atoms with Crippen molar-refractivity contribution in [3.63, 3.8) is 0 Å². The zero-order chi connectivity index (χ0) is 15.3. The van der Waals surface area contributed by atoms with E-state index in [2.05, 4.69) is 10.3 Å². The van der Waals surface area contributed by atoms with E-state index >= 15 is 0 Å². The second-order valence-electron chi connectivity index (χ2n) is 4.38. The molecule has 0 fully saturated rings. The minimum Gasteiger partial charge on any atom is -0.382 e. The number of nitrogens with two attached hydrogens (primary N) is 1. The normalized spacial score (nSPS) is 10.2.